The fourth-order valence-electron chi connectivity index (χ4n) is 6.18. The topological polar surface area (TPSA) is 114 Å². The van der Waals surface area contributed by atoms with E-state index in [0.717, 1.165) is 44.6 Å². The summed E-state index contributed by atoms with van der Waals surface area (Å²) in [6, 6.07) is 10.4. The van der Waals surface area contributed by atoms with Crippen LogP contribution >= 0.6 is 0 Å². The predicted molar refractivity (Wildman–Crippen MR) is 118 cm³/mol. The maximum Gasteiger partial charge on any atom is 0.416 e. The zero-order valence-corrected chi connectivity index (χ0v) is 19.3. The molecule has 6 nitrogen and oxygen atoms in total. The van der Waals surface area contributed by atoms with Gasteiger partial charge in [0, 0.05) is 6.42 Å². The molecule has 1 aromatic carbocycles. The standard InChI is InChI=1S/C26H27F3N4O2/c27-26(28,29)19-12-9-8-11-18(19)21-23(15-30,16-31)24(17-32)20-13-7-5-3-1-2-4-6-10-14-25(20,34-21)35-22(24)33/h8-9,11-12,20-21,33H,1-7,10,13-14H2. The molecule has 0 spiro atoms. The minimum atomic E-state index is -4.77. The van der Waals surface area contributed by atoms with Crippen LogP contribution in [0, 0.1) is 56.2 Å². The molecule has 0 aromatic heterocycles. The molecule has 0 radical (unpaired) electrons. The van der Waals surface area contributed by atoms with E-state index in [1.54, 1.807) is 0 Å². The number of nitrogens with zero attached hydrogens (tertiary/aromatic N) is 3. The van der Waals surface area contributed by atoms with Gasteiger partial charge in [-0.25, -0.2) is 0 Å². The molecule has 1 saturated carbocycles. The fraction of sp³-hybridized carbons (Fsp3) is 0.615. The van der Waals surface area contributed by atoms with Crippen molar-refractivity contribution in [3.05, 3.63) is 35.4 Å². The van der Waals surface area contributed by atoms with Gasteiger partial charge in [0.2, 0.25) is 17.1 Å². The van der Waals surface area contributed by atoms with Crippen molar-refractivity contribution in [2.45, 2.75) is 82.3 Å². The Bertz CT molecular complexity index is 1100. The highest BCUT2D eigenvalue weighted by atomic mass is 19.4. The molecule has 1 N–H and O–H groups in total. The molecule has 4 rings (SSSR count). The Hall–Kier alpha value is -3.09. The summed E-state index contributed by atoms with van der Waals surface area (Å²) in [5, 5.41) is 39.9. The maximum atomic E-state index is 14.0. The quantitative estimate of drug-likeness (QED) is 0.485. The van der Waals surface area contributed by atoms with Crippen LogP contribution in [0.3, 0.4) is 0 Å². The fourth-order valence-corrected chi connectivity index (χ4v) is 6.18. The van der Waals surface area contributed by atoms with Crippen molar-refractivity contribution in [2.75, 3.05) is 0 Å². The predicted octanol–water partition coefficient (Wildman–Crippen LogP) is 6.55. The average molecular weight is 485 g/mol. The van der Waals surface area contributed by atoms with Crippen LogP contribution in [0.2, 0.25) is 0 Å². The van der Waals surface area contributed by atoms with Gasteiger partial charge in [-0.2, -0.15) is 29.0 Å². The SMILES string of the molecule is N#CC1(C#N)C(c2ccccc2C(F)(F)F)OC23CCCCCCCCCCC2C1(C#N)C(=N)O3. The number of rotatable bonds is 1. The number of nitriles is 3. The first kappa shape index (κ1) is 25.0. The second-order valence-corrected chi connectivity index (χ2v) is 9.70. The summed E-state index contributed by atoms with van der Waals surface area (Å²) in [7, 11) is 0. The number of ether oxygens (including phenoxy) is 2. The summed E-state index contributed by atoms with van der Waals surface area (Å²) < 4.78 is 54.3. The van der Waals surface area contributed by atoms with E-state index in [-0.39, 0.29) is 6.42 Å². The number of halogens is 3. The summed E-state index contributed by atoms with van der Waals surface area (Å²) in [5.74, 6) is -2.93. The molecule has 0 amide bonds. The van der Waals surface area contributed by atoms with E-state index in [0.29, 0.717) is 19.3 Å². The average Bonchev–Trinajstić information content (AvgIpc) is 3.01. The largest absolute Gasteiger partial charge is 0.447 e. The Labute approximate surface area is 202 Å². The second kappa shape index (κ2) is 9.17. The highest BCUT2D eigenvalue weighted by molar-refractivity contribution is 5.89. The van der Waals surface area contributed by atoms with E-state index in [1.807, 2.05) is 12.1 Å². The van der Waals surface area contributed by atoms with Crippen molar-refractivity contribution in [1.29, 1.82) is 21.2 Å². The van der Waals surface area contributed by atoms with E-state index in [9.17, 15) is 29.0 Å². The van der Waals surface area contributed by atoms with Gasteiger partial charge in [0.1, 0.15) is 6.10 Å². The highest BCUT2D eigenvalue weighted by Gasteiger charge is 2.80. The Morgan fingerprint density at radius 1 is 0.886 bits per heavy atom. The number of hydrogen-bond donors (Lipinski definition) is 1. The molecule has 2 bridgehead atoms. The van der Waals surface area contributed by atoms with E-state index in [1.165, 1.54) is 18.2 Å². The molecule has 2 heterocycles. The number of benzene rings is 1. The van der Waals surface area contributed by atoms with Gasteiger partial charge in [-0.15, -0.1) is 0 Å². The molecule has 35 heavy (non-hydrogen) atoms. The molecule has 2 saturated heterocycles. The smallest absolute Gasteiger partial charge is 0.416 e. The van der Waals surface area contributed by atoms with Crippen LogP contribution < -0.4 is 0 Å². The van der Waals surface area contributed by atoms with Gasteiger partial charge in [-0.3, -0.25) is 5.41 Å². The van der Waals surface area contributed by atoms with E-state index >= 15 is 0 Å². The van der Waals surface area contributed by atoms with Gasteiger partial charge in [-0.05, 0) is 24.5 Å². The molecule has 1 aliphatic carbocycles. The van der Waals surface area contributed by atoms with E-state index in [2.05, 4.69) is 6.07 Å². The Morgan fingerprint density at radius 3 is 2.09 bits per heavy atom. The highest BCUT2D eigenvalue weighted by Crippen LogP contribution is 2.69. The molecule has 3 fully saturated rings. The van der Waals surface area contributed by atoms with Crippen molar-refractivity contribution in [2.24, 2.45) is 16.7 Å². The lowest BCUT2D eigenvalue weighted by molar-refractivity contribution is -0.288. The zero-order chi connectivity index (χ0) is 25.3. The molecule has 4 unspecified atom stereocenters. The van der Waals surface area contributed by atoms with Gasteiger partial charge >= 0.3 is 6.18 Å². The molecule has 4 atom stereocenters. The Morgan fingerprint density at radius 2 is 1.49 bits per heavy atom. The first-order valence-corrected chi connectivity index (χ1v) is 12.1. The first-order valence-electron chi connectivity index (χ1n) is 12.1. The van der Waals surface area contributed by atoms with Crippen LogP contribution in [0.5, 0.6) is 0 Å². The maximum absolute atomic E-state index is 14.0. The third kappa shape index (κ3) is 3.67. The third-order valence-corrected chi connectivity index (χ3v) is 7.86. The van der Waals surface area contributed by atoms with E-state index < -0.39 is 51.8 Å². The van der Waals surface area contributed by atoms with E-state index in [4.69, 9.17) is 14.9 Å². The Kier molecular flexibility index (Phi) is 6.56. The van der Waals surface area contributed by atoms with Crippen LogP contribution in [0.25, 0.3) is 0 Å². The van der Waals surface area contributed by atoms with Crippen LogP contribution in [0.1, 0.15) is 81.4 Å². The van der Waals surface area contributed by atoms with Gasteiger partial charge in [0.25, 0.3) is 0 Å². The van der Waals surface area contributed by atoms with Gasteiger partial charge in [-0.1, -0.05) is 63.1 Å². The second-order valence-electron chi connectivity index (χ2n) is 9.70. The third-order valence-electron chi connectivity index (χ3n) is 7.86. The minimum absolute atomic E-state index is 0.265. The van der Waals surface area contributed by atoms with Crippen LogP contribution in [0.15, 0.2) is 24.3 Å². The summed E-state index contributed by atoms with van der Waals surface area (Å²) in [5.41, 5.74) is -5.89. The zero-order valence-electron chi connectivity index (χ0n) is 19.3. The van der Waals surface area contributed by atoms with Gasteiger partial charge in [0.15, 0.2) is 5.41 Å². The molecule has 184 valence electrons. The lowest BCUT2D eigenvalue weighted by Gasteiger charge is -2.50. The molecular weight excluding hydrogens is 457 g/mol. The summed E-state index contributed by atoms with van der Waals surface area (Å²) in [6.45, 7) is 0. The van der Waals surface area contributed by atoms with Crippen molar-refractivity contribution in [3.63, 3.8) is 0 Å². The molecule has 3 aliphatic rings. The molecule has 1 aromatic rings. The van der Waals surface area contributed by atoms with Crippen molar-refractivity contribution in [1.82, 2.24) is 0 Å². The van der Waals surface area contributed by atoms with Gasteiger partial charge in [0.05, 0.1) is 29.7 Å². The van der Waals surface area contributed by atoms with Crippen molar-refractivity contribution >= 4 is 5.90 Å². The summed E-state index contributed by atoms with van der Waals surface area (Å²) in [6.07, 6.45) is 1.33. The van der Waals surface area contributed by atoms with Gasteiger partial charge < -0.3 is 9.47 Å². The Balaban J connectivity index is 1.94. The number of hydrogen-bond acceptors (Lipinski definition) is 6. The summed E-state index contributed by atoms with van der Waals surface area (Å²) >= 11 is 0. The van der Waals surface area contributed by atoms with Crippen molar-refractivity contribution < 1.29 is 22.6 Å². The lowest BCUT2D eigenvalue weighted by atomic mass is 9.52. The minimum Gasteiger partial charge on any atom is -0.447 e. The van der Waals surface area contributed by atoms with Crippen LogP contribution in [-0.4, -0.2) is 11.7 Å². The molecule has 9 heteroatoms. The number of nitrogens with one attached hydrogen (secondary N) is 1. The summed E-state index contributed by atoms with van der Waals surface area (Å²) in [4.78, 5) is 0. The monoisotopic (exact) mass is 484 g/mol. The molecular formula is C26H27F3N4O2. The van der Waals surface area contributed by atoms with Crippen LogP contribution in [0.4, 0.5) is 13.2 Å². The molecule has 2 aliphatic heterocycles. The lowest BCUT2D eigenvalue weighted by Crippen LogP contribution is -2.59. The normalized spacial score (nSPS) is 33.0. The van der Waals surface area contributed by atoms with Crippen molar-refractivity contribution in [3.8, 4) is 18.2 Å². The first-order chi connectivity index (χ1) is 16.7. The van der Waals surface area contributed by atoms with Crippen LogP contribution in [-0.2, 0) is 15.7 Å². The number of alkyl halides is 3.